The molecule has 4 nitrogen and oxygen atoms in total. The summed E-state index contributed by atoms with van der Waals surface area (Å²) in [7, 11) is 1.64. The van der Waals surface area contributed by atoms with Gasteiger partial charge in [-0.05, 0) is 55.3 Å². The smallest absolute Gasteiger partial charge is 0.192 e. The molecule has 2 aromatic carbocycles. The highest BCUT2D eigenvalue weighted by Gasteiger charge is 2.24. The number of hydrogen-bond donors (Lipinski definition) is 0. The van der Waals surface area contributed by atoms with Gasteiger partial charge in [-0.1, -0.05) is 31.0 Å². The number of ether oxygens (including phenoxy) is 1. The maximum Gasteiger partial charge on any atom is 0.192 e. The molecule has 152 valence electrons. The van der Waals surface area contributed by atoms with Crippen LogP contribution in [0.1, 0.15) is 43.7 Å². The third-order valence-electron chi connectivity index (χ3n) is 5.32. The molecule has 0 amide bonds. The number of hydrogen-bond acceptors (Lipinski definition) is 4. The SMILES string of the molecule is COc1ccc(-c2nnc(SCc3cc(F)ccc3F)n2C2CCCCC2)cc1. The number of thioether (sulfide) groups is 1. The number of rotatable bonds is 6. The molecular weight excluding hydrogens is 392 g/mol. The van der Waals surface area contributed by atoms with Crippen molar-refractivity contribution < 1.29 is 13.5 Å². The summed E-state index contributed by atoms with van der Waals surface area (Å²) in [6.07, 6.45) is 5.74. The Morgan fingerprint density at radius 3 is 2.52 bits per heavy atom. The number of halogens is 2. The van der Waals surface area contributed by atoms with Crippen molar-refractivity contribution in [2.75, 3.05) is 7.11 Å². The molecule has 1 heterocycles. The minimum atomic E-state index is -0.435. The van der Waals surface area contributed by atoms with Crippen molar-refractivity contribution in [3.05, 3.63) is 59.7 Å². The summed E-state index contributed by atoms with van der Waals surface area (Å²) < 4.78 is 35.0. The van der Waals surface area contributed by atoms with E-state index < -0.39 is 11.6 Å². The Morgan fingerprint density at radius 2 is 1.79 bits per heavy atom. The normalized spacial score (nSPS) is 14.9. The lowest BCUT2D eigenvalue weighted by atomic mass is 9.95. The molecule has 1 aromatic heterocycles. The Labute approximate surface area is 173 Å². The molecule has 0 spiro atoms. The lowest BCUT2D eigenvalue weighted by Gasteiger charge is -2.25. The topological polar surface area (TPSA) is 39.9 Å². The quantitative estimate of drug-likeness (QED) is 0.461. The predicted octanol–water partition coefficient (Wildman–Crippen LogP) is 6.03. The van der Waals surface area contributed by atoms with Gasteiger partial charge in [-0.25, -0.2) is 8.78 Å². The van der Waals surface area contributed by atoms with E-state index in [1.54, 1.807) is 7.11 Å². The van der Waals surface area contributed by atoms with Gasteiger partial charge in [0.25, 0.3) is 0 Å². The summed E-state index contributed by atoms with van der Waals surface area (Å²) >= 11 is 1.40. The Kier molecular flexibility index (Phi) is 6.13. The first kappa shape index (κ1) is 19.9. The van der Waals surface area contributed by atoms with Crippen LogP contribution >= 0.6 is 11.8 Å². The van der Waals surface area contributed by atoms with E-state index in [9.17, 15) is 8.78 Å². The van der Waals surface area contributed by atoms with Crippen LogP contribution in [-0.2, 0) is 5.75 Å². The Hall–Kier alpha value is -2.41. The van der Waals surface area contributed by atoms with Gasteiger partial charge in [-0.3, -0.25) is 4.57 Å². The van der Waals surface area contributed by atoms with E-state index >= 15 is 0 Å². The van der Waals surface area contributed by atoms with Crippen molar-refractivity contribution in [3.63, 3.8) is 0 Å². The summed E-state index contributed by atoms with van der Waals surface area (Å²) in [4.78, 5) is 0. The van der Waals surface area contributed by atoms with E-state index in [4.69, 9.17) is 4.74 Å². The molecule has 0 aliphatic heterocycles. The lowest BCUT2D eigenvalue weighted by molar-refractivity contribution is 0.339. The predicted molar refractivity (Wildman–Crippen MR) is 110 cm³/mol. The van der Waals surface area contributed by atoms with E-state index in [1.807, 2.05) is 24.3 Å². The minimum absolute atomic E-state index is 0.303. The maximum atomic E-state index is 14.0. The van der Waals surface area contributed by atoms with Crippen LogP contribution in [0.5, 0.6) is 5.75 Å². The van der Waals surface area contributed by atoms with Crippen LogP contribution in [-0.4, -0.2) is 21.9 Å². The van der Waals surface area contributed by atoms with E-state index in [-0.39, 0.29) is 0 Å². The van der Waals surface area contributed by atoms with Crippen molar-refractivity contribution in [2.45, 2.75) is 49.1 Å². The molecule has 1 saturated carbocycles. The van der Waals surface area contributed by atoms with Gasteiger partial charge in [-0.2, -0.15) is 0 Å². The molecule has 0 unspecified atom stereocenters. The van der Waals surface area contributed by atoms with Gasteiger partial charge in [0.05, 0.1) is 7.11 Å². The number of benzene rings is 2. The van der Waals surface area contributed by atoms with Crippen molar-refractivity contribution in [1.29, 1.82) is 0 Å². The standard InChI is InChI=1S/C22H23F2N3OS/c1-28-19-10-7-15(8-11-19)21-25-26-22(27(21)18-5-3-2-4-6-18)29-14-16-13-17(23)9-12-20(16)24/h7-13,18H,2-6,14H2,1H3. The fraction of sp³-hybridized carbons (Fsp3) is 0.364. The first-order chi connectivity index (χ1) is 14.2. The average Bonchev–Trinajstić information content (AvgIpc) is 3.19. The fourth-order valence-electron chi connectivity index (χ4n) is 3.78. The summed E-state index contributed by atoms with van der Waals surface area (Å²) in [6, 6.07) is 11.6. The Balaban J connectivity index is 1.65. The second-order valence-electron chi connectivity index (χ2n) is 7.22. The van der Waals surface area contributed by atoms with Gasteiger partial charge in [0, 0.05) is 22.9 Å². The zero-order valence-electron chi connectivity index (χ0n) is 16.3. The van der Waals surface area contributed by atoms with Gasteiger partial charge in [0.1, 0.15) is 17.4 Å². The minimum Gasteiger partial charge on any atom is -0.497 e. The molecular formula is C22H23F2N3OS. The molecule has 3 aromatic rings. The Bertz CT molecular complexity index is 969. The number of aromatic nitrogens is 3. The van der Waals surface area contributed by atoms with E-state index in [2.05, 4.69) is 14.8 Å². The molecule has 29 heavy (non-hydrogen) atoms. The third-order valence-corrected chi connectivity index (χ3v) is 6.31. The van der Waals surface area contributed by atoms with Crippen LogP contribution in [0.2, 0.25) is 0 Å². The van der Waals surface area contributed by atoms with Crippen molar-refractivity contribution in [2.24, 2.45) is 0 Å². The van der Waals surface area contributed by atoms with Gasteiger partial charge in [0.2, 0.25) is 0 Å². The van der Waals surface area contributed by atoms with Crippen LogP contribution < -0.4 is 4.74 Å². The van der Waals surface area contributed by atoms with E-state index in [0.717, 1.165) is 41.2 Å². The van der Waals surface area contributed by atoms with Gasteiger partial charge < -0.3 is 4.74 Å². The molecule has 0 N–H and O–H groups in total. The fourth-order valence-corrected chi connectivity index (χ4v) is 4.76. The number of methoxy groups -OCH3 is 1. The lowest BCUT2D eigenvalue weighted by Crippen LogP contribution is -2.15. The largest absolute Gasteiger partial charge is 0.497 e. The van der Waals surface area contributed by atoms with Crippen LogP contribution in [0, 0.1) is 11.6 Å². The zero-order valence-corrected chi connectivity index (χ0v) is 17.1. The summed E-state index contributed by atoms with van der Waals surface area (Å²) in [5, 5.41) is 9.60. The number of nitrogens with zero attached hydrogens (tertiary/aromatic N) is 3. The van der Waals surface area contributed by atoms with Crippen LogP contribution in [0.4, 0.5) is 8.78 Å². The molecule has 0 saturated heterocycles. The Morgan fingerprint density at radius 1 is 1.03 bits per heavy atom. The van der Waals surface area contributed by atoms with Gasteiger partial charge in [0.15, 0.2) is 11.0 Å². The first-order valence-electron chi connectivity index (χ1n) is 9.82. The molecule has 1 aliphatic carbocycles. The first-order valence-corrected chi connectivity index (χ1v) is 10.8. The summed E-state index contributed by atoms with van der Waals surface area (Å²) in [6.45, 7) is 0. The van der Waals surface area contributed by atoms with E-state index in [0.29, 0.717) is 17.4 Å². The molecule has 0 bridgehead atoms. The van der Waals surface area contributed by atoms with Gasteiger partial charge in [-0.15, -0.1) is 10.2 Å². The third kappa shape index (κ3) is 4.45. The van der Waals surface area contributed by atoms with Crippen LogP contribution in [0.25, 0.3) is 11.4 Å². The van der Waals surface area contributed by atoms with Crippen molar-refractivity contribution >= 4 is 11.8 Å². The summed E-state index contributed by atoms with van der Waals surface area (Å²) in [5.41, 5.74) is 1.30. The maximum absolute atomic E-state index is 14.0. The van der Waals surface area contributed by atoms with Crippen LogP contribution in [0.15, 0.2) is 47.6 Å². The second kappa shape index (κ2) is 8.95. The highest BCUT2D eigenvalue weighted by Crippen LogP contribution is 2.36. The molecule has 7 heteroatoms. The van der Waals surface area contributed by atoms with Crippen molar-refractivity contribution in [3.8, 4) is 17.1 Å². The second-order valence-corrected chi connectivity index (χ2v) is 8.16. The molecule has 1 aliphatic rings. The highest BCUT2D eigenvalue weighted by molar-refractivity contribution is 7.98. The average molecular weight is 416 g/mol. The van der Waals surface area contributed by atoms with E-state index in [1.165, 1.54) is 43.2 Å². The van der Waals surface area contributed by atoms with Crippen molar-refractivity contribution in [1.82, 2.24) is 14.8 Å². The molecule has 4 rings (SSSR count). The van der Waals surface area contributed by atoms with Gasteiger partial charge >= 0.3 is 0 Å². The van der Waals surface area contributed by atoms with Crippen LogP contribution in [0.3, 0.4) is 0 Å². The monoisotopic (exact) mass is 415 g/mol. The summed E-state index contributed by atoms with van der Waals surface area (Å²) in [5.74, 6) is 1.06. The molecule has 1 fully saturated rings. The molecule has 0 radical (unpaired) electrons. The molecule has 0 atom stereocenters. The zero-order chi connectivity index (χ0) is 20.2. The highest BCUT2D eigenvalue weighted by atomic mass is 32.2.